The smallest absolute Gasteiger partial charge is 0.322 e. The van der Waals surface area contributed by atoms with Gasteiger partial charge in [-0.1, -0.05) is 11.6 Å². The highest BCUT2D eigenvalue weighted by molar-refractivity contribution is 7.16. The Kier molecular flexibility index (Phi) is 4.06. The Hall–Kier alpha value is -1.60. The number of halogens is 1. The zero-order valence-corrected chi connectivity index (χ0v) is 11.6. The van der Waals surface area contributed by atoms with Crippen LogP contribution in [0.3, 0.4) is 0 Å². The molecule has 0 saturated carbocycles. The Morgan fingerprint density at radius 3 is 2.79 bits per heavy atom. The summed E-state index contributed by atoms with van der Waals surface area (Å²) in [6.45, 7) is 1.83. The van der Waals surface area contributed by atoms with E-state index in [9.17, 15) is 14.4 Å². The first-order valence-corrected chi connectivity index (χ1v) is 6.81. The Morgan fingerprint density at radius 2 is 2.26 bits per heavy atom. The largest absolute Gasteiger partial charge is 0.349 e. The number of carbonyl (C=O) groups is 3. The van der Waals surface area contributed by atoms with Crippen molar-refractivity contribution in [3.05, 3.63) is 21.3 Å². The van der Waals surface area contributed by atoms with Crippen LogP contribution in [-0.4, -0.2) is 23.9 Å². The second-order valence-electron chi connectivity index (χ2n) is 4.15. The SMILES string of the molecule is C[C@H](NC(=O)C[C@@H]1NC(=O)NC1=O)c1ccc(Cl)s1. The van der Waals surface area contributed by atoms with Crippen molar-refractivity contribution in [1.82, 2.24) is 16.0 Å². The molecule has 0 unspecified atom stereocenters. The molecule has 102 valence electrons. The minimum atomic E-state index is -0.799. The predicted octanol–water partition coefficient (Wildman–Crippen LogP) is 1.18. The van der Waals surface area contributed by atoms with Gasteiger partial charge >= 0.3 is 6.03 Å². The average Bonchev–Trinajstić information content (AvgIpc) is 2.86. The first kappa shape index (κ1) is 13.8. The number of amides is 4. The Balaban J connectivity index is 1.87. The molecule has 6 nitrogen and oxygen atoms in total. The minimum absolute atomic E-state index is 0.0823. The average molecular weight is 302 g/mol. The molecule has 2 atom stereocenters. The number of thiophene rings is 1. The standard InChI is InChI=1S/C11H12ClN3O3S/c1-5(7-2-3-8(12)19-7)13-9(16)4-6-10(17)15-11(18)14-6/h2-3,5-6H,4H2,1H3,(H,13,16)(H2,14,15,17,18)/t5-,6-/m0/s1. The van der Waals surface area contributed by atoms with E-state index >= 15 is 0 Å². The Bertz CT molecular complexity index is 531. The molecule has 2 rings (SSSR count). The van der Waals surface area contributed by atoms with Gasteiger partial charge in [-0.25, -0.2) is 4.79 Å². The van der Waals surface area contributed by atoms with Crippen LogP contribution in [0.15, 0.2) is 12.1 Å². The molecule has 8 heteroatoms. The lowest BCUT2D eigenvalue weighted by atomic mass is 10.2. The van der Waals surface area contributed by atoms with Crippen molar-refractivity contribution in [3.8, 4) is 0 Å². The normalized spacial score (nSPS) is 19.8. The van der Waals surface area contributed by atoms with Crippen molar-refractivity contribution in [1.29, 1.82) is 0 Å². The lowest BCUT2D eigenvalue weighted by Gasteiger charge is -2.13. The summed E-state index contributed by atoms with van der Waals surface area (Å²) in [6, 6.07) is 2.04. The van der Waals surface area contributed by atoms with Gasteiger partial charge < -0.3 is 10.6 Å². The molecule has 1 aliphatic heterocycles. The number of imide groups is 1. The summed E-state index contributed by atoms with van der Waals surface area (Å²) in [5.41, 5.74) is 0. The highest BCUT2D eigenvalue weighted by Crippen LogP contribution is 2.26. The first-order chi connectivity index (χ1) is 8.95. The van der Waals surface area contributed by atoms with E-state index < -0.39 is 18.0 Å². The quantitative estimate of drug-likeness (QED) is 0.730. The molecular formula is C11H12ClN3O3S. The summed E-state index contributed by atoms with van der Waals surface area (Å²) in [5.74, 6) is -0.786. The molecule has 4 amide bonds. The predicted molar refractivity (Wildman–Crippen MR) is 71.0 cm³/mol. The summed E-state index contributed by atoms with van der Waals surface area (Å²) in [7, 11) is 0. The summed E-state index contributed by atoms with van der Waals surface area (Å²) in [4.78, 5) is 34.9. The maximum atomic E-state index is 11.8. The van der Waals surface area contributed by atoms with Gasteiger partial charge in [-0.2, -0.15) is 0 Å². The highest BCUT2D eigenvalue weighted by Gasteiger charge is 2.31. The maximum Gasteiger partial charge on any atom is 0.322 e. The van der Waals surface area contributed by atoms with Crippen molar-refractivity contribution in [2.24, 2.45) is 0 Å². The first-order valence-electron chi connectivity index (χ1n) is 5.61. The van der Waals surface area contributed by atoms with Gasteiger partial charge in [0.25, 0.3) is 5.91 Å². The van der Waals surface area contributed by atoms with Crippen LogP contribution in [-0.2, 0) is 9.59 Å². The highest BCUT2D eigenvalue weighted by atomic mass is 35.5. The summed E-state index contributed by atoms with van der Waals surface area (Å²) in [6.07, 6.45) is -0.0823. The second kappa shape index (κ2) is 5.58. The zero-order valence-electron chi connectivity index (χ0n) is 10.0. The minimum Gasteiger partial charge on any atom is -0.349 e. The van der Waals surface area contributed by atoms with Gasteiger partial charge in [-0.15, -0.1) is 11.3 Å². The van der Waals surface area contributed by atoms with Crippen LogP contribution in [0.5, 0.6) is 0 Å². The fourth-order valence-electron chi connectivity index (χ4n) is 1.72. The van der Waals surface area contributed by atoms with Crippen LogP contribution >= 0.6 is 22.9 Å². The number of hydrogen-bond acceptors (Lipinski definition) is 4. The Labute approximate surface area is 118 Å². The van der Waals surface area contributed by atoms with Gasteiger partial charge in [0, 0.05) is 4.88 Å². The zero-order chi connectivity index (χ0) is 14.0. The van der Waals surface area contributed by atoms with Gasteiger partial charge in [-0.3, -0.25) is 14.9 Å². The third-order valence-electron chi connectivity index (χ3n) is 2.65. The lowest BCUT2D eigenvalue weighted by Crippen LogP contribution is -2.36. The molecule has 3 N–H and O–H groups in total. The van der Waals surface area contributed by atoms with Crippen LogP contribution in [0.1, 0.15) is 24.3 Å². The van der Waals surface area contributed by atoms with Crippen molar-refractivity contribution < 1.29 is 14.4 Å². The van der Waals surface area contributed by atoms with Crippen LogP contribution in [0, 0.1) is 0 Å². The maximum absolute atomic E-state index is 11.8. The van der Waals surface area contributed by atoms with E-state index in [0.29, 0.717) is 4.34 Å². The summed E-state index contributed by atoms with van der Waals surface area (Å²) in [5, 5.41) is 7.20. The molecule has 19 heavy (non-hydrogen) atoms. The summed E-state index contributed by atoms with van der Waals surface area (Å²) < 4.78 is 0.651. The van der Waals surface area contributed by atoms with Crippen molar-refractivity contribution >= 4 is 40.8 Å². The Morgan fingerprint density at radius 1 is 1.53 bits per heavy atom. The van der Waals surface area contributed by atoms with E-state index in [1.165, 1.54) is 11.3 Å². The van der Waals surface area contributed by atoms with Gasteiger partial charge in [0.1, 0.15) is 6.04 Å². The molecular weight excluding hydrogens is 290 g/mol. The van der Waals surface area contributed by atoms with Gasteiger partial charge in [-0.05, 0) is 19.1 Å². The van der Waals surface area contributed by atoms with Crippen molar-refractivity contribution in [2.75, 3.05) is 0 Å². The number of nitrogens with one attached hydrogen (secondary N) is 3. The number of hydrogen-bond donors (Lipinski definition) is 3. The fraction of sp³-hybridized carbons (Fsp3) is 0.364. The van der Waals surface area contributed by atoms with E-state index in [-0.39, 0.29) is 18.4 Å². The van der Waals surface area contributed by atoms with Gasteiger partial charge in [0.05, 0.1) is 16.8 Å². The van der Waals surface area contributed by atoms with E-state index in [0.717, 1.165) is 4.88 Å². The van der Waals surface area contributed by atoms with Crippen LogP contribution in [0.25, 0.3) is 0 Å². The monoisotopic (exact) mass is 301 g/mol. The lowest BCUT2D eigenvalue weighted by molar-refractivity contribution is -0.126. The molecule has 1 aliphatic rings. The molecule has 1 fully saturated rings. The van der Waals surface area contributed by atoms with E-state index in [4.69, 9.17) is 11.6 Å². The second-order valence-corrected chi connectivity index (χ2v) is 5.90. The third-order valence-corrected chi connectivity index (χ3v) is 4.06. The molecule has 0 aromatic carbocycles. The molecule has 1 saturated heterocycles. The van der Waals surface area contributed by atoms with Crippen LogP contribution in [0.2, 0.25) is 4.34 Å². The van der Waals surface area contributed by atoms with Crippen LogP contribution < -0.4 is 16.0 Å². The molecule has 0 radical (unpaired) electrons. The van der Waals surface area contributed by atoms with E-state index in [1.54, 1.807) is 6.07 Å². The molecule has 2 heterocycles. The van der Waals surface area contributed by atoms with Crippen molar-refractivity contribution in [3.63, 3.8) is 0 Å². The summed E-state index contributed by atoms with van der Waals surface area (Å²) >= 11 is 7.20. The third kappa shape index (κ3) is 3.45. The molecule has 0 spiro atoms. The molecule has 1 aromatic rings. The number of carbonyl (C=O) groups excluding carboxylic acids is 3. The molecule has 0 aliphatic carbocycles. The number of urea groups is 1. The topological polar surface area (TPSA) is 87.3 Å². The van der Waals surface area contributed by atoms with Crippen LogP contribution in [0.4, 0.5) is 4.79 Å². The number of rotatable bonds is 4. The fourth-order valence-corrected chi connectivity index (χ4v) is 2.78. The molecule has 0 bridgehead atoms. The molecule has 1 aromatic heterocycles. The van der Waals surface area contributed by atoms with E-state index in [1.807, 2.05) is 13.0 Å². The van der Waals surface area contributed by atoms with E-state index in [2.05, 4.69) is 16.0 Å². The van der Waals surface area contributed by atoms with Gasteiger partial charge in [0.2, 0.25) is 5.91 Å². The van der Waals surface area contributed by atoms with Crippen molar-refractivity contribution in [2.45, 2.75) is 25.4 Å². The van der Waals surface area contributed by atoms with Gasteiger partial charge in [0.15, 0.2) is 0 Å².